The first kappa shape index (κ1) is 13.4. The number of rotatable bonds is 5. The van der Waals surface area contributed by atoms with E-state index in [1.54, 1.807) is 4.90 Å². The molecule has 0 aliphatic rings. The summed E-state index contributed by atoms with van der Waals surface area (Å²) in [5.41, 5.74) is 5.74. The topological polar surface area (TPSA) is 61.8 Å². The van der Waals surface area contributed by atoms with Crippen LogP contribution in [-0.2, 0) is 6.54 Å². The fourth-order valence-electron chi connectivity index (χ4n) is 1.43. The summed E-state index contributed by atoms with van der Waals surface area (Å²) in [6.45, 7) is 2.97. The van der Waals surface area contributed by atoms with Crippen molar-refractivity contribution in [3.63, 3.8) is 0 Å². The van der Waals surface area contributed by atoms with Gasteiger partial charge < -0.3 is 10.9 Å². The summed E-state index contributed by atoms with van der Waals surface area (Å²) in [4.78, 5) is 1.77. The van der Waals surface area contributed by atoms with E-state index < -0.39 is 11.6 Å². The van der Waals surface area contributed by atoms with Gasteiger partial charge in [0, 0.05) is 18.2 Å². The Bertz CT molecular complexity index is 410. The van der Waals surface area contributed by atoms with E-state index in [1.165, 1.54) is 12.1 Å². The van der Waals surface area contributed by atoms with Crippen LogP contribution in [0.25, 0.3) is 0 Å². The Morgan fingerprint density at radius 1 is 1.47 bits per heavy atom. The van der Waals surface area contributed by atoms with Crippen LogP contribution in [0.2, 0.25) is 0 Å². The average molecular weight is 243 g/mol. The van der Waals surface area contributed by atoms with Gasteiger partial charge in [-0.25, -0.2) is 8.78 Å². The first-order valence-electron chi connectivity index (χ1n) is 5.19. The zero-order chi connectivity index (χ0) is 12.8. The third kappa shape index (κ3) is 3.99. The van der Waals surface area contributed by atoms with Gasteiger partial charge in [0.2, 0.25) is 0 Å². The van der Waals surface area contributed by atoms with Crippen LogP contribution in [0.4, 0.5) is 8.78 Å². The minimum atomic E-state index is -0.606. The molecular formula is C11H15F2N3O. The number of hydrogen-bond acceptors (Lipinski definition) is 3. The maximum Gasteiger partial charge on any atom is 0.153 e. The van der Waals surface area contributed by atoms with Crippen molar-refractivity contribution >= 4 is 5.84 Å². The normalized spacial score (nSPS) is 12.1. The largest absolute Gasteiger partial charge is 0.409 e. The lowest BCUT2D eigenvalue weighted by Crippen LogP contribution is -2.33. The van der Waals surface area contributed by atoms with Gasteiger partial charge in [-0.3, -0.25) is 4.90 Å². The second kappa shape index (κ2) is 6.15. The third-order valence-electron chi connectivity index (χ3n) is 2.37. The maximum atomic E-state index is 13.4. The molecule has 0 heterocycles. The van der Waals surface area contributed by atoms with Gasteiger partial charge >= 0.3 is 0 Å². The molecule has 0 aliphatic heterocycles. The lowest BCUT2D eigenvalue weighted by Gasteiger charge is -2.19. The molecule has 0 spiro atoms. The number of amidine groups is 1. The highest BCUT2D eigenvalue weighted by molar-refractivity contribution is 5.81. The van der Waals surface area contributed by atoms with Crippen LogP contribution in [0.1, 0.15) is 12.5 Å². The Morgan fingerprint density at radius 3 is 2.71 bits per heavy atom. The number of halogens is 2. The van der Waals surface area contributed by atoms with Crippen LogP contribution in [0.5, 0.6) is 0 Å². The molecule has 0 amide bonds. The second-order valence-electron chi connectivity index (χ2n) is 3.63. The van der Waals surface area contributed by atoms with Crippen LogP contribution in [0.3, 0.4) is 0 Å². The number of likely N-dealkylation sites (N-methyl/N-ethyl adjacent to an activating group) is 1. The molecule has 0 radical (unpaired) electrons. The molecule has 0 bridgehead atoms. The molecule has 17 heavy (non-hydrogen) atoms. The van der Waals surface area contributed by atoms with Gasteiger partial charge in [0.05, 0.1) is 6.54 Å². The molecule has 0 atom stereocenters. The summed E-state index contributed by atoms with van der Waals surface area (Å²) in [6, 6.07) is 3.43. The van der Waals surface area contributed by atoms with Crippen LogP contribution in [0.15, 0.2) is 23.4 Å². The molecule has 0 unspecified atom stereocenters. The molecule has 1 aromatic carbocycles. The van der Waals surface area contributed by atoms with Gasteiger partial charge in [-0.2, -0.15) is 0 Å². The summed E-state index contributed by atoms with van der Waals surface area (Å²) in [5.74, 6) is -1.15. The van der Waals surface area contributed by atoms with Crippen molar-refractivity contribution < 1.29 is 14.0 Å². The third-order valence-corrected chi connectivity index (χ3v) is 2.37. The molecule has 4 nitrogen and oxygen atoms in total. The number of hydrogen-bond donors (Lipinski definition) is 2. The summed E-state index contributed by atoms with van der Waals surface area (Å²) < 4.78 is 26.1. The summed E-state index contributed by atoms with van der Waals surface area (Å²) >= 11 is 0. The molecular weight excluding hydrogens is 228 g/mol. The van der Waals surface area contributed by atoms with Crippen LogP contribution < -0.4 is 5.73 Å². The Hall–Kier alpha value is -1.69. The van der Waals surface area contributed by atoms with E-state index in [9.17, 15) is 8.78 Å². The van der Waals surface area contributed by atoms with Crippen LogP contribution in [-0.4, -0.2) is 29.0 Å². The van der Waals surface area contributed by atoms with E-state index in [0.29, 0.717) is 12.1 Å². The van der Waals surface area contributed by atoms with Crippen molar-refractivity contribution in [1.29, 1.82) is 0 Å². The van der Waals surface area contributed by atoms with Gasteiger partial charge in [-0.15, -0.1) is 0 Å². The van der Waals surface area contributed by atoms with E-state index in [4.69, 9.17) is 10.9 Å². The summed E-state index contributed by atoms with van der Waals surface area (Å²) in [7, 11) is 0. The number of benzene rings is 1. The monoisotopic (exact) mass is 243 g/mol. The highest BCUT2D eigenvalue weighted by Crippen LogP contribution is 2.11. The molecule has 0 aromatic heterocycles. The molecule has 3 N–H and O–H groups in total. The molecule has 0 fully saturated rings. The minimum absolute atomic E-state index is 0.0503. The predicted molar refractivity (Wildman–Crippen MR) is 60.7 cm³/mol. The molecule has 1 aromatic rings. The Balaban J connectivity index is 2.73. The van der Waals surface area contributed by atoms with Crippen molar-refractivity contribution in [2.45, 2.75) is 13.5 Å². The van der Waals surface area contributed by atoms with Gasteiger partial charge in [0.15, 0.2) is 5.84 Å². The van der Waals surface area contributed by atoms with Crippen LogP contribution in [0, 0.1) is 11.6 Å². The van der Waals surface area contributed by atoms with Gasteiger partial charge in [0.25, 0.3) is 0 Å². The quantitative estimate of drug-likeness (QED) is 0.357. The maximum absolute atomic E-state index is 13.4. The lowest BCUT2D eigenvalue weighted by molar-refractivity contribution is 0.292. The zero-order valence-corrected chi connectivity index (χ0v) is 9.53. The summed E-state index contributed by atoms with van der Waals surface area (Å²) in [5, 5.41) is 11.3. The van der Waals surface area contributed by atoms with E-state index in [0.717, 1.165) is 6.07 Å². The predicted octanol–water partition coefficient (Wildman–Crippen LogP) is 1.53. The SMILES string of the molecule is CCN(CC(N)=NO)Cc1ccc(F)cc1F. The minimum Gasteiger partial charge on any atom is -0.409 e. The van der Waals surface area contributed by atoms with Crippen molar-refractivity contribution in [3.05, 3.63) is 35.4 Å². The van der Waals surface area contributed by atoms with Crippen LogP contribution >= 0.6 is 0 Å². The number of oxime groups is 1. The molecule has 94 valence electrons. The van der Waals surface area contributed by atoms with Gasteiger partial charge in [-0.1, -0.05) is 18.1 Å². The lowest BCUT2D eigenvalue weighted by atomic mass is 10.2. The molecule has 1 rings (SSSR count). The van der Waals surface area contributed by atoms with E-state index in [-0.39, 0.29) is 18.9 Å². The number of nitrogens with two attached hydrogens (primary N) is 1. The number of nitrogens with zero attached hydrogens (tertiary/aromatic N) is 2. The van der Waals surface area contributed by atoms with Gasteiger partial charge in [-0.05, 0) is 12.6 Å². The van der Waals surface area contributed by atoms with Crippen molar-refractivity contribution in [2.24, 2.45) is 10.9 Å². The van der Waals surface area contributed by atoms with Crippen molar-refractivity contribution in [1.82, 2.24) is 4.90 Å². The fourth-order valence-corrected chi connectivity index (χ4v) is 1.43. The van der Waals surface area contributed by atoms with Gasteiger partial charge in [0.1, 0.15) is 11.6 Å². The summed E-state index contributed by atoms with van der Waals surface area (Å²) in [6.07, 6.45) is 0. The Kier molecular flexibility index (Phi) is 4.84. The molecule has 0 saturated carbocycles. The molecule has 6 heteroatoms. The van der Waals surface area contributed by atoms with E-state index in [1.807, 2.05) is 6.92 Å². The zero-order valence-electron chi connectivity index (χ0n) is 9.53. The first-order valence-corrected chi connectivity index (χ1v) is 5.19. The Morgan fingerprint density at radius 2 is 2.18 bits per heavy atom. The molecule has 0 saturated heterocycles. The first-order chi connectivity index (χ1) is 8.06. The molecule has 0 aliphatic carbocycles. The smallest absolute Gasteiger partial charge is 0.153 e. The standard InChI is InChI=1S/C11H15F2N3O/c1-2-16(7-11(14)15-17)6-8-3-4-9(12)5-10(8)13/h3-5,17H,2,6-7H2,1H3,(H2,14,15). The Labute approximate surface area is 98.3 Å². The highest BCUT2D eigenvalue weighted by atomic mass is 19.1. The average Bonchev–Trinajstić information content (AvgIpc) is 2.31. The highest BCUT2D eigenvalue weighted by Gasteiger charge is 2.10. The van der Waals surface area contributed by atoms with Crippen molar-refractivity contribution in [3.8, 4) is 0 Å². The van der Waals surface area contributed by atoms with E-state index >= 15 is 0 Å². The van der Waals surface area contributed by atoms with E-state index in [2.05, 4.69) is 5.16 Å². The second-order valence-corrected chi connectivity index (χ2v) is 3.63. The fraction of sp³-hybridized carbons (Fsp3) is 0.364. The van der Waals surface area contributed by atoms with Crippen molar-refractivity contribution in [2.75, 3.05) is 13.1 Å².